The Labute approximate surface area is 182 Å². The van der Waals surface area contributed by atoms with Crippen LogP contribution < -0.4 is 10.8 Å². The van der Waals surface area contributed by atoms with Crippen LogP contribution >= 0.6 is 0 Å². The SMILES string of the molecule is [B]c1cnn2c(NCC3CCCN(Cc4ccoc4)C3)cc(-c3ccccc3O)nc12. The van der Waals surface area contributed by atoms with Crippen LogP contribution in [0.3, 0.4) is 0 Å². The first-order valence-corrected chi connectivity index (χ1v) is 10.6. The van der Waals surface area contributed by atoms with Gasteiger partial charge < -0.3 is 14.8 Å². The van der Waals surface area contributed by atoms with E-state index in [1.807, 2.05) is 30.5 Å². The fourth-order valence-corrected chi connectivity index (χ4v) is 4.29. The maximum atomic E-state index is 10.3. The van der Waals surface area contributed by atoms with Gasteiger partial charge in [0.15, 0.2) is 5.65 Å². The van der Waals surface area contributed by atoms with Crippen LogP contribution in [0, 0.1) is 5.92 Å². The second-order valence-corrected chi connectivity index (χ2v) is 8.13. The number of fused-ring (bicyclic) bond motifs is 1. The molecule has 0 bridgehead atoms. The number of nitrogens with zero attached hydrogens (tertiary/aromatic N) is 4. The van der Waals surface area contributed by atoms with Gasteiger partial charge in [-0.25, -0.2) is 4.98 Å². The summed E-state index contributed by atoms with van der Waals surface area (Å²) in [5.74, 6) is 1.52. The van der Waals surface area contributed by atoms with Gasteiger partial charge in [-0.3, -0.25) is 4.90 Å². The van der Waals surface area contributed by atoms with Crippen LogP contribution in [0.2, 0.25) is 0 Å². The number of furan rings is 1. The number of rotatable bonds is 6. The number of likely N-dealkylation sites (tertiary alicyclic amines) is 1. The summed E-state index contributed by atoms with van der Waals surface area (Å²) in [5.41, 5.74) is 3.62. The molecule has 156 valence electrons. The molecule has 3 aromatic heterocycles. The van der Waals surface area contributed by atoms with Crippen LogP contribution in [0.25, 0.3) is 16.9 Å². The predicted octanol–water partition coefficient (Wildman–Crippen LogP) is 2.81. The second kappa shape index (κ2) is 8.47. The number of phenolic OH excluding ortho intramolecular Hbond substituents is 1. The fourth-order valence-electron chi connectivity index (χ4n) is 4.29. The molecule has 0 saturated carbocycles. The summed E-state index contributed by atoms with van der Waals surface area (Å²) in [5, 5.41) is 18.2. The van der Waals surface area contributed by atoms with E-state index in [1.54, 1.807) is 29.1 Å². The standard InChI is InChI=1S/C23H24BN5O2/c24-19-12-26-29-22(10-20(27-23(19)29)18-5-1-2-6-21(18)30)25-11-16-4-3-8-28(13-16)14-17-7-9-31-15-17/h1-2,5-7,9-10,12,15-16,25,30H,3-4,8,11,13-14H2. The molecule has 4 heterocycles. The molecule has 1 aliphatic heterocycles. The Morgan fingerprint density at radius 2 is 2.16 bits per heavy atom. The number of aromatic nitrogens is 3. The van der Waals surface area contributed by atoms with Gasteiger partial charge in [0, 0.05) is 43.0 Å². The van der Waals surface area contributed by atoms with Crippen molar-refractivity contribution in [2.24, 2.45) is 5.92 Å². The Balaban J connectivity index is 1.35. The van der Waals surface area contributed by atoms with Crippen molar-refractivity contribution in [3.8, 4) is 17.0 Å². The quantitative estimate of drug-likeness (QED) is 0.474. The van der Waals surface area contributed by atoms with E-state index in [9.17, 15) is 5.11 Å². The number of piperidine rings is 1. The van der Waals surface area contributed by atoms with E-state index in [0.29, 0.717) is 28.3 Å². The largest absolute Gasteiger partial charge is 0.507 e. The molecule has 1 fully saturated rings. The average molecular weight is 413 g/mol. The Hall–Kier alpha value is -3.26. The van der Waals surface area contributed by atoms with Crippen LogP contribution in [0.5, 0.6) is 5.75 Å². The van der Waals surface area contributed by atoms with Crippen LogP contribution in [0.15, 0.2) is 59.5 Å². The third-order valence-electron chi connectivity index (χ3n) is 5.84. The van der Waals surface area contributed by atoms with Crippen LogP contribution in [-0.2, 0) is 6.54 Å². The van der Waals surface area contributed by atoms with Crippen molar-refractivity contribution in [1.82, 2.24) is 19.5 Å². The molecule has 1 unspecified atom stereocenters. The molecular formula is C23H24BN5O2. The number of aromatic hydroxyl groups is 1. The summed E-state index contributed by atoms with van der Waals surface area (Å²) in [4.78, 5) is 7.11. The van der Waals surface area contributed by atoms with E-state index < -0.39 is 0 Å². The van der Waals surface area contributed by atoms with Crippen molar-refractivity contribution in [2.75, 3.05) is 25.0 Å². The first-order valence-electron chi connectivity index (χ1n) is 10.6. The zero-order chi connectivity index (χ0) is 21.2. The lowest BCUT2D eigenvalue weighted by atomic mass is 9.97. The molecule has 5 rings (SSSR count). The molecule has 1 saturated heterocycles. The molecule has 0 amide bonds. The molecule has 1 atom stereocenters. The average Bonchev–Trinajstić information content (AvgIpc) is 3.43. The number of anilines is 1. The lowest BCUT2D eigenvalue weighted by Crippen LogP contribution is -2.37. The zero-order valence-electron chi connectivity index (χ0n) is 17.2. The van der Waals surface area contributed by atoms with Crippen molar-refractivity contribution >= 4 is 24.8 Å². The Kier molecular flexibility index (Phi) is 5.38. The molecule has 2 N–H and O–H groups in total. The van der Waals surface area contributed by atoms with Crippen molar-refractivity contribution in [3.63, 3.8) is 0 Å². The van der Waals surface area contributed by atoms with Gasteiger partial charge in [0.1, 0.15) is 19.4 Å². The highest BCUT2D eigenvalue weighted by molar-refractivity contribution is 6.36. The highest BCUT2D eigenvalue weighted by atomic mass is 16.3. The van der Waals surface area contributed by atoms with Gasteiger partial charge in [-0.2, -0.15) is 9.61 Å². The molecule has 7 nitrogen and oxygen atoms in total. The molecule has 8 heteroatoms. The normalized spacial score (nSPS) is 17.2. The topological polar surface area (TPSA) is 78.8 Å². The first-order chi connectivity index (χ1) is 15.2. The second-order valence-electron chi connectivity index (χ2n) is 8.13. The van der Waals surface area contributed by atoms with Crippen LogP contribution in [-0.4, -0.2) is 52.1 Å². The number of hydrogen-bond acceptors (Lipinski definition) is 6. The molecule has 0 aliphatic carbocycles. The summed E-state index contributed by atoms with van der Waals surface area (Å²) in [7, 11) is 6.10. The number of nitrogens with one attached hydrogen (secondary N) is 1. The van der Waals surface area contributed by atoms with Gasteiger partial charge in [0.25, 0.3) is 0 Å². The number of para-hydroxylation sites is 1. The maximum absolute atomic E-state index is 10.3. The molecule has 1 aliphatic rings. The molecule has 31 heavy (non-hydrogen) atoms. The maximum Gasteiger partial charge on any atom is 0.150 e. The van der Waals surface area contributed by atoms with Gasteiger partial charge in [-0.15, -0.1) is 0 Å². The van der Waals surface area contributed by atoms with E-state index >= 15 is 0 Å². The van der Waals surface area contributed by atoms with E-state index in [2.05, 4.69) is 20.3 Å². The van der Waals surface area contributed by atoms with Gasteiger partial charge in [-0.1, -0.05) is 12.1 Å². The smallest absolute Gasteiger partial charge is 0.150 e. The molecule has 2 radical (unpaired) electrons. The Morgan fingerprint density at radius 3 is 3.00 bits per heavy atom. The Bertz CT molecular complexity index is 1170. The van der Waals surface area contributed by atoms with Crippen molar-refractivity contribution < 1.29 is 9.52 Å². The van der Waals surface area contributed by atoms with E-state index in [-0.39, 0.29) is 5.75 Å². The van der Waals surface area contributed by atoms with E-state index in [0.717, 1.165) is 32.0 Å². The molecule has 4 aromatic rings. The van der Waals surface area contributed by atoms with Crippen molar-refractivity contribution in [1.29, 1.82) is 0 Å². The van der Waals surface area contributed by atoms with Gasteiger partial charge >= 0.3 is 0 Å². The highest BCUT2D eigenvalue weighted by Crippen LogP contribution is 2.29. The third kappa shape index (κ3) is 4.16. The lowest BCUT2D eigenvalue weighted by Gasteiger charge is -2.32. The van der Waals surface area contributed by atoms with Crippen molar-refractivity contribution in [3.05, 3.63) is 60.7 Å². The predicted molar refractivity (Wildman–Crippen MR) is 121 cm³/mol. The van der Waals surface area contributed by atoms with Crippen LogP contribution in [0.1, 0.15) is 18.4 Å². The number of benzene rings is 1. The minimum atomic E-state index is 0.186. The van der Waals surface area contributed by atoms with Crippen LogP contribution in [0.4, 0.5) is 5.82 Å². The minimum absolute atomic E-state index is 0.186. The molecule has 0 spiro atoms. The highest BCUT2D eigenvalue weighted by Gasteiger charge is 2.21. The molecular weight excluding hydrogens is 389 g/mol. The summed E-state index contributed by atoms with van der Waals surface area (Å²) in [6.45, 7) is 3.87. The van der Waals surface area contributed by atoms with Crippen molar-refractivity contribution in [2.45, 2.75) is 19.4 Å². The first kappa shape index (κ1) is 19.7. The fraction of sp³-hybridized carbons (Fsp3) is 0.304. The minimum Gasteiger partial charge on any atom is -0.507 e. The van der Waals surface area contributed by atoms with Gasteiger partial charge in [-0.05, 0) is 49.0 Å². The van der Waals surface area contributed by atoms with Gasteiger partial charge in [0.05, 0.1) is 18.2 Å². The zero-order valence-corrected chi connectivity index (χ0v) is 17.2. The third-order valence-corrected chi connectivity index (χ3v) is 5.84. The van der Waals surface area contributed by atoms with E-state index in [1.165, 1.54) is 18.4 Å². The van der Waals surface area contributed by atoms with Gasteiger partial charge in [0.2, 0.25) is 0 Å². The summed E-state index contributed by atoms with van der Waals surface area (Å²) < 4.78 is 6.93. The van der Waals surface area contributed by atoms with E-state index in [4.69, 9.17) is 12.3 Å². The number of phenols is 1. The monoisotopic (exact) mass is 413 g/mol. The summed E-state index contributed by atoms with van der Waals surface area (Å²) in [6, 6.07) is 11.1. The molecule has 1 aromatic carbocycles. The Morgan fingerprint density at radius 1 is 1.26 bits per heavy atom. The summed E-state index contributed by atoms with van der Waals surface area (Å²) in [6.07, 6.45) is 7.50. The number of hydrogen-bond donors (Lipinski definition) is 2. The summed E-state index contributed by atoms with van der Waals surface area (Å²) >= 11 is 0. The lowest BCUT2D eigenvalue weighted by molar-refractivity contribution is 0.173.